The molecule has 0 spiro atoms. The smallest absolute Gasteiger partial charge is 0.243 e. The van der Waals surface area contributed by atoms with Gasteiger partial charge in [-0.3, -0.25) is 0 Å². The lowest BCUT2D eigenvalue weighted by Gasteiger charge is -2.35. The summed E-state index contributed by atoms with van der Waals surface area (Å²) >= 11 is 0. The minimum Gasteiger partial charge on any atom is -0.497 e. The molecular weight excluding hydrogens is 383 g/mol. The Morgan fingerprint density at radius 3 is 2.39 bits per heavy atom. The van der Waals surface area contributed by atoms with Crippen LogP contribution in [0.25, 0.3) is 0 Å². The van der Waals surface area contributed by atoms with Gasteiger partial charge < -0.3 is 10.1 Å². The molecule has 1 aliphatic heterocycles. The first-order valence-electron chi connectivity index (χ1n) is 9.11. The molecule has 1 aromatic carbocycles. The number of nitrogens with zero attached hydrogens (tertiary/aromatic N) is 3. The van der Waals surface area contributed by atoms with Crippen molar-refractivity contribution < 1.29 is 17.5 Å². The van der Waals surface area contributed by atoms with Crippen molar-refractivity contribution in [2.75, 3.05) is 32.1 Å². The number of ether oxygens (including phenoxy) is 1. The first-order chi connectivity index (χ1) is 13.2. The predicted molar refractivity (Wildman–Crippen MR) is 105 cm³/mol. The van der Waals surface area contributed by atoms with Crippen LogP contribution in [0, 0.1) is 13.8 Å². The first-order valence-corrected chi connectivity index (χ1v) is 10.6. The van der Waals surface area contributed by atoms with E-state index < -0.39 is 15.7 Å². The van der Waals surface area contributed by atoms with Gasteiger partial charge in [0, 0.05) is 24.8 Å². The number of nitrogens with one attached hydrogen (secondary N) is 1. The Hall–Kier alpha value is -2.26. The van der Waals surface area contributed by atoms with Crippen LogP contribution in [0.15, 0.2) is 35.2 Å². The number of halogens is 1. The third-order valence-electron chi connectivity index (χ3n) is 4.87. The number of hydrogen-bond donors (Lipinski definition) is 1. The highest BCUT2D eigenvalue weighted by Gasteiger charge is 2.38. The summed E-state index contributed by atoms with van der Waals surface area (Å²) in [5.74, 6) is 1.78. The minimum absolute atomic E-state index is 0.0827. The van der Waals surface area contributed by atoms with E-state index in [1.54, 1.807) is 25.1 Å². The number of aryl methyl sites for hydroxylation is 2. The second kappa shape index (κ2) is 8.00. The second-order valence-corrected chi connectivity index (χ2v) is 8.96. The van der Waals surface area contributed by atoms with Crippen molar-refractivity contribution >= 4 is 15.8 Å². The number of piperidine rings is 1. The zero-order valence-electron chi connectivity index (χ0n) is 16.3. The largest absolute Gasteiger partial charge is 0.497 e. The van der Waals surface area contributed by atoms with Crippen LogP contribution in [0.4, 0.5) is 10.2 Å². The molecule has 152 valence electrons. The topological polar surface area (TPSA) is 84.4 Å². The van der Waals surface area contributed by atoms with Crippen molar-refractivity contribution in [2.45, 2.75) is 37.3 Å². The fourth-order valence-corrected chi connectivity index (χ4v) is 4.70. The molecule has 3 rings (SSSR count). The number of hydrogen-bond acceptors (Lipinski definition) is 6. The molecular formula is C19H25FN4O3S. The molecule has 0 radical (unpaired) electrons. The van der Waals surface area contributed by atoms with E-state index in [2.05, 4.69) is 15.3 Å². The maximum absolute atomic E-state index is 15.2. The van der Waals surface area contributed by atoms with Crippen molar-refractivity contribution in [1.29, 1.82) is 0 Å². The monoisotopic (exact) mass is 408 g/mol. The Kier molecular flexibility index (Phi) is 5.85. The van der Waals surface area contributed by atoms with E-state index in [0.717, 1.165) is 5.69 Å². The lowest BCUT2D eigenvalue weighted by molar-refractivity contribution is 0.102. The molecule has 0 saturated carbocycles. The van der Waals surface area contributed by atoms with Gasteiger partial charge in [0.25, 0.3) is 0 Å². The summed E-state index contributed by atoms with van der Waals surface area (Å²) < 4.78 is 47.1. The van der Waals surface area contributed by atoms with Crippen molar-refractivity contribution in [2.24, 2.45) is 0 Å². The Morgan fingerprint density at radius 2 is 1.82 bits per heavy atom. The third kappa shape index (κ3) is 4.59. The van der Waals surface area contributed by atoms with E-state index in [0.29, 0.717) is 17.4 Å². The Morgan fingerprint density at radius 1 is 1.18 bits per heavy atom. The van der Waals surface area contributed by atoms with E-state index in [-0.39, 0.29) is 37.4 Å². The fourth-order valence-electron chi connectivity index (χ4n) is 3.26. The summed E-state index contributed by atoms with van der Waals surface area (Å²) in [5.41, 5.74) is -0.679. The zero-order valence-corrected chi connectivity index (χ0v) is 17.1. The number of anilines is 1. The molecule has 1 aromatic heterocycles. The van der Waals surface area contributed by atoms with Gasteiger partial charge in [-0.05, 0) is 51.0 Å². The lowest BCUT2D eigenvalue weighted by atomic mass is 9.94. The van der Waals surface area contributed by atoms with Gasteiger partial charge >= 0.3 is 0 Å². The number of rotatable bonds is 6. The number of aromatic nitrogens is 2. The summed E-state index contributed by atoms with van der Waals surface area (Å²) in [6, 6.07) is 7.98. The highest BCUT2D eigenvalue weighted by atomic mass is 32.2. The van der Waals surface area contributed by atoms with Gasteiger partial charge in [-0.2, -0.15) is 4.31 Å². The maximum atomic E-state index is 15.2. The third-order valence-corrected chi connectivity index (χ3v) is 6.78. The van der Waals surface area contributed by atoms with Crippen LogP contribution in [0.2, 0.25) is 0 Å². The molecule has 0 atom stereocenters. The fraction of sp³-hybridized carbons (Fsp3) is 0.474. The highest BCUT2D eigenvalue weighted by Crippen LogP contribution is 2.30. The van der Waals surface area contributed by atoms with Crippen LogP contribution in [0.5, 0.6) is 5.75 Å². The molecule has 1 N–H and O–H groups in total. The summed E-state index contributed by atoms with van der Waals surface area (Å²) in [5, 5.41) is 3.03. The molecule has 1 fully saturated rings. The van der Waals surface area contributed by atoms with Gasteiger partial charge in [0.05, 0.1) is 18.6 Å². The zero-order chi connectivity index (χ0) is 20.4. The lowest BCUT2D eigenvalue weighted by Crippen LogP contribution is -2.47. The maximum Gasteiger partial charge on any atom is 0.243 e. The molecule has 7 nitrogen and oxygen atoms in total. The van der Waals surface area contributed by atoms with Crippen LogP contribution in [-0.2, 0) is 10.0 Å². The number of methoxy groups -OCH3 is 1. The van der Waals surface area contributed by atoms with E-state index >= 15 is 4.39 Å². The van der Waals surface area contributed by atoms with Crippen LogP contribution < -0.4 is 10.1 Å². The molecule has 0 amide bonds. The SMILES string of the molecule is COc1ccc(S(=O)(=O)N2CCC(F)(CNc3cc(C)nc(C)n3)CC2)cc1. The molecule has 1 saturated heterocycles. The van der Waals surface area contributed by atoms with Gasteiger partial charge in [-0.1, -0.05) is 0 Å². The van der Waals surface area contributed by atoms with Crippen molar-refractivity contribution in [3.05, 3.63) is 41.9 Å². The minimum atomic E-state index is -3.65. The van der Waals surface area contributed by atoms with E-state index in [1.807, 2.05) is 6.92 Å². The summed E-state index contributed by atoms with van der Waals surface area (Å²) in [7, 11) is -2.12. The van der Waals surface area contributed by atoms with Gasteiger partial charge in [-0.25, -0.2) is 22.8 Å². The highest BCUT2D eigenvalue weighted by molar-refractivity contribution is 7.89. The molecule has 0 bridgehead atoms. The summed E-state index contributed by atoms with van der Waals surface area (Å²) in [4.78, 5) is 8.63. The first kappa shape index (κ1) is 20.5. The molecule has 0 aliphatic carbocycles. The molecule has 28 heavy (non-hydrogen) atoms. The molecule has 0 unspecified atom stereocenters. The normalized spacial score (nSPS) is 17.3. The van der Waals surface area contributed by atoms with Crippen LogP contribution in [0.1, 0.15) is 24.4 Å². The standard InChI is InChI=1S/C19H25FN4O3S/c1-14-12-18(23-15(2)22-14)21-13-19(20)8-10-24(11-9-19)28(25,26)17-6-4-16(27-3)5-7-17/h4-7,12H,8-11,13H2,1-3H3,(H,21,22,23). The Labute approximate surface area is 165 Å². The molecule has 1 aliphatic rings. The van der Waals surface area contributed by atoms with Crippen LogP contribution in [-0.4, -0.2) is 55.1 Å². The van der Waals surface area contributed by atoms with Crippen molar-refractivity contribution in [3.8, 4) is 5.75 Å². The van der Waals surface area contributed by atoms with E-state index in [1.165, 1.54) is 23.5 Å². The van der Waals surface area contributed by atoms with Crippen LogP contribution >= 0.6 is 0 Å². The van der Waals surface area contributed by atoms with E-state index in [4.69, 9.17) is 4.74 Å². The Bertz CT molecular complexity index is 906. The molecule has 2 aromatic rings. The Balaban J connectivity index is 1.62. The number of benzene rings is 1. The van der Waals surface area contributed by atoms with E-state index in [9.17, 15) is 8.42 Å². The molecule has 9 heteroatoms. The van der Waals surface area contributed by atoms with Gasteiger partial charge in [0.15, 0.2) is 0 Å². The van der Waals surface area contributed by atoms with Gasteiger partial charge in [-0.15, -0.1) is 0 Å². The quantitative estimate of drug-likeness (QED) is 0.791. The predicted octanol–water partition coefficient (Wildman–Crippen LogP) is 2.71. The number of alkyl halides is 1. The molecule has 2 heterocycles. The van der Waals surface area contributed by atoms with Crippen LogP contribution in [0.3, 0.4) is 0 Å². The van der Waals surface area contributed by atoms with Crippen molar-refractivity contribution in [3.63, 3.8) is 0 Å². The second-order valence-electron chi connectivity index (χ2n) is 7.03. The average molecular weight is 408 g/mol. The average Bonchev–Trinajstić information content (AvgIpc) is 2.66. The summed E-state index contributed by atoms with van der Waals surface area (Å²) in [6.45, 7) is 3.99. The summed E-state index contributed by atoms with van der Waals surface area (Å²) in [6.07, 6.45) is 0.247. The van der Waals surface area contributed by atoms with Crippen molar-refractivity contribution in [1.82, 2.24) is 14.3 Å². The number of sulfonamides is 1. The van der Waals surface area contributed by atoms with Gasteiger partial charge in [0.1, 0.15) is 23.1 Å². The van der Waals surface area contributed by atoms with Gasteiger partial charge in [0.2, 0.25) is 10.0 Å².